The lowest BCUT2D eigenvalue weighted by atomic mass is 10.1. The molecule has 2 aromatic rings. The van der Waals surface area contributed by atoms with Gasteiger partial charge in [-0.1, -0.05) is 36.7 Å². The fraction of sp³-hybridized carbons (Fsp3) is 0.267. The predicted molar refractivity (Wildman–Crippen MR) is 80.5 cm³/mol. The van der Waals surface area contributed by atoms with Crippen LogP contribution in [0.5, 0.6) is 0 Å². The van der Waals surface area contributed by atoms with Gasteiger partial charge in [-0.05, 0) is 18.6 Å². The van der Waals surface area contributed by atoms with Gasteiger partial charge < -0.3 is 10.4 Å². The molecule has 0 radical (unpaired) electrons. The number of carbonyl (C=O) groups is 2. The van der Waals surface area contributed by atoms with Crippen molar-refractivity contribution in [1.29, 1.82) is 0 Å². The van der Waals surface area contributed by atoms with E-state index in [-0.39, 0.29) is 11.1 Å². The zero-order valence-corrected chi connectivity index (χ0v) is 12.2. The van der Waals surface area contributed by atoms with Crippen molar-refractivity contribution in [2.24, 2.45) is 5.92 Å². The van der Waals surface area contributed by atoms with Gasteiger partial charge in [-0.25, -0.2) is 4.98 Å². The highest BCUT2D eigenvalue weighted by Gasteiger charge is 2.14. The fourth-order valence-electron chi connectivity index (χ4n) is 1.95. The Morgan fingerprint density at radius 3 is 2.81 bits per heavy atom. The van der Waals surface area contributed by atoms with E-state index in [1.165, 1.54) is 6.07 Å². The first-order valence-electron chi connectivity index (χ1n) is 6.55. The van der Waals surface area contributed by atoms with Gasteiger partial charge in [0.15, 0.2) is 0 Å². The van der Waals surface area contributed by atoms with E-state index < -0.39 is 11.9 Å². The minimum Gasteiger partial charge on any atom is -0.481 e. The van der Waals surface area contributed by atoms with E-state index in [1.807, 2.05) is 12.1 Å². The number of carboxylic acids is 1. The van der Waals surface area contributed by atoms with Crippen molar-refractivity contribution in [3.8, 4) is 0 Å². The quantitative estimate of drug-likeness (QED) is 0.832. The zero-order chi connectivity index (χ0) is 15.4. The first-order valence-corrected chi connectivity index (χ1v) is 6.93. The van der Waals surface area contributed by atoms with Crippen LogP contribution >= 0.6 is 11.6 Å². The molecule has 0 aliphatic rings. The van der Waals surface area contributed by atoms with Gasteiger partial charge in [-0.3, -0.25) is 9.59 Å². The standard InChI is InChI=1S/C15H15ClN2O3/c1-9(15(20)21)6-7-17-14(19)11-8-13(16)18-12-5-3-2-4-10(11)12/h2-5,8-9H,6-7H2,1H3,(H,17,19)(H,20,21). The number of pyridine rings is 1. The molecule has 1 amide bonds. The summed E-state index contributed by atoms with van der Waals surface area (Å²) in [6.07, 6.45) is 0.373. The molecule has 2 rings (SSSR count). The molecule has 0 bridgehead atoms. The SMILES string of the molecule is CC(CCNC(=O)c1cc(Cl)nc2ccccc12)C(=O)O. The number of amides is 1. The van der Waals surface area contributed by atoms with Crippen molar-refractivity contribution in [2.45, 2.75) is 13.3 Å². The number of nitrogens with one attached hydrogen (secondary N) is 1. The molecule has 1 unspecified atom stereocenters. The summed E-state index contributed by atoms with van der Waals surface area (Å²) in [7, 11) is 0. The van der Waals surface area contributed by atoms with Crippen molar-refractivity contribution >= 4 is 34.4 Å². The summed E-state index contributed by atoms with van der Waals surface area (Å²) < 4.78 is 0. The summed E-state index contributed by atoms with van der Waals surface area (Å²) in [5.41, 5.74) is 1.09. The van der Waals surface area contributed by atoms with Crippen LogP contribution in [0.15, 0.2) is 30.3 Å². The van der Waals surface area contributed by atoms with Crippen LogP contribution in [0.25, 0.3) is 10.9 Å². The van der Waals surface area contributed by atoms with Crippen LogP contribution in [0, 0.1) is 5.92 Å². The Morgan fingerprint density at radius 1 is 1.38 bits per heavy atom. The molecule has 0 aliphatic carbocycles. The summed E-state index contributed by atoms with van der Waals surface area (Å²) in [6.45, 7) is 1.90. The molecule has 110 valence electrons. The average Bonchev–Trinajstić information content (AvgIpc) is 2.45. The summed E-state index contributed by atoms with van der Waals surface area (Å²) in [6, 6.07) is 8.74. The normalized spacial score (nSPS) is 12.1. The average molecular weight is 307 g/mol. The number of fused-ring (bicyclic) bond motifs is 1. The Hall–Kier alpha value is -2.14. The number of aromatic nitrogens is 1. The molecule has 1 heterocycles. The van der Waals surface area contributed by atoms with Gasteiger partial charge in [-0.15, -0.1) is 0 Å². The number of hydrogen-bond acceptors (Lipinski definition) is 3. The van der Waals surface area contributed by atoms with Gasteiger partial charge in [0, 0.05) is 11.9 Å². The fourth-order valence-corrected chi connectivity index (χ4v) is 2.15. The molecular formula is C15H15ClN2O3. The van der Waals surface area contributed by atoms with Crippen molar-refractivity contribution in [1.82, 2.24) is 10.3 Å². The zero-order valence-electron chi connectivity index (χ0n) is 11.5. The third kappa shape index (κ3) is 3.70. The highest BCUT2D eigenvalue weighted by Crippen LogP contribution is 2.20. The third-order valence-corrected chi connectivity index (χ3v) is 3.41. The van der Waals surface area contributed by atoms with Crippen molar-refractivity contribution in [2.75, 3.05) is 6.54 Å². The van der Waals surface area contributed by atoms with E-state index in [2.05, 4.69) is 10.3 Å². The Labute approximate surface area is 126 Å². The summed E-state index contributed by atoms with van der Waals surface area (Å²) in [4.78, 5) is 27.1. The molecule has 0 fully saturated rings. The van der Waals surface area contributed by atoms with E-state index in [0.29, 0.717) is 29.4 Å². The lowest BCUT2D eigenvalue weighted by molar-refractivity contribution is -0.141. The third-order valence-electron chi connectivity index (χ3n) is 3.21. The van der Waals surface area contributed by atoms with Gasteiger partial charge in [0.05, 0.1) is 17.0 Å². The maximum atomic E-state index is 12.2. The lowest BCUT2D eigenvalue weighted by Crippen LogP contribution is -2.27. The predicted octanol–water partition coefficient (Wildman–Crippen LogP) is 2.73. The Morgan fingerprint density at radius 2 is 2.10 bits per heavy atom. The number of carboxylic acid groups (broad SMARTS) is 1. The molecule has 0 spiro atoms. The van der Waals surface area contributed by atoms with E-state index in [4.69, 9.17) is 16.7 Å². The highest BCUT2D eigenvalue weighted by atomic mass is 35.5. The van der Waals surface area contributed by atoms with Gasteiger partial charge in [-0.2, -0.15) is 0 Å². The second-order valence-electron chi connectivity index (χ2n) is 4.79. The second kappa shape index (κ2) is 6.54. The van der Waals surface area contributed by atoms with Crippen LogP contribution in [-0.2, 0) is 4.79 Å². The minimum atomic E-state index is -0.873. The van der Waals surface area contributed by atoms with E-state index in [9.17, 15) is 9.59 Å². The smallest absolute Gasteiger partial charge is 0.306 e. The molecule has 5 nitrogen and oxygen atoms in total. The number of carbonyl (C=O) groups excluding carboxylic acids is 1. The second-order valence-corrected chi connectivity index (χ2v) is 5.18. The Kier molecular flexibility index (Phi) is 4.75. The molecule has 2 N–H and O–H groups in total. The number of hydrogen-bond donors (Lipinski definition) is 2. The van der Waals surface area contributed by atoms with Crippen LogP contribution in [0.3, 0.4) is 0 Å². The first-order chi connectivity index (χ1) is 9.99. The van der Waals surface area contributed by atoms with Crippen LogP contribution in [0.1, 0.15) is 23.7 Å². The van der Waals surface area contributed by atoms with Crippen LogP contribution < -0.4 is 5.32 Å². The topological polar surface area (TPSA) is 79.3 Å². The lowest BCUT2D eigenvalue weighted by Gasteiger charge is -2.10. The number of benzene rings is 1. The van der Waals surface area contributed by atoms with Crippen LogP contribution in [0.4, 0.5) is 0 Å². The summed E-state index contributed by atoms with van der Waals surface area (Å²) in [5, 5.41) is 12.5. The monoisotopic (exact) mass is 306 g/mol. The number of halogens is 1. The summed E-state index contributed by atoms with van der Waals surface area (Å²) in [5.74, 6) is -1.65. The molecule has 0 saturated heterocycles. The van der Waals surface area contributed by atoms with Crippen molar-refractivity contribution in [3.05, 3.63) is 41.0 Å². The molecule has 6 heteroatoms. The maximum Gasteiger partial charge on any atom is 0.306 e. The van der Waals surface area contributed by atoms with E-state index in [0.717, 1.165) is 0 Å². The maximum absolute atomic E-state index is 12.2. The van der Waals surface area contributed by atoms with Crippen LogP contribution in [-0.4, -0.2) is 28.5 Å². The van der Waals surface area contributed by atoms with E-state index in [1.54, 1.807) is 19.1 Å². The molecule has 1 atom stereocenters. The largest absolute Gasteiger partial charge is 0.481 e. The first kappa shape index (κ1) is 15.3. The van der Waals surface area contributed by atoms with Crippen LogP contribution in [0.2, 0.25) is 5.15 Å². The van der Waals surface area contributed by atoms with Crippen molar-refractivity contribution in [3.63, 3.8) is 0 Å². The Bertz CT molecular complexity index is 688. The molecule has 1 aromatic heterocycles. The number of aliphatic carboxylic acids is 1. The van der Waals surface area contributed by atoms with Gasteiger partial charge in [0.25, 0.3) is 5.91 Å². The van der Waals surface area contributed by atoms with Gasteiger partial charge in [0.1, 0.15) is 5.15 Å². The van der Waals surface area contributed by atoms with E-state index >= 15 is 0 Å². The summed E-state index contributed by atoms with van der Waals surface area (Å²) >= 11 is 5.93. The molecule has 1 aromatic carbocycles. The number of para-hydroxylation sites is 1. The highest BCUT2D eigenvalue weighted by molar-refractivity contribution is 6.30. The van der Waals surface area contributed by atoms with Gasteiger partial charge >= 0.3 is 5.97 Å². The van der Waals surface area contributed by atoms with Crippen molar-refractivity contribution < 1.29 is 14.7 Å². The number of nitrogens with zero attached hydrogens (tertiary/aromatic N) is 1. The van der Waals surface area contributed by atoms with Gasteiger partial charge in [0.2, 0.25) is 0 Å². The number of rotatable bonds is 5. The molecular weight excluding hydrogens is 292 g/mol. The molecule has 0 saturated carbocycles. The molecule has 21 heavy (non-hydrogen) atoms. The Balaban J connectivity index is 2.14. The molecule has 0 aliphatic heterocycles. The minimum absolute atomic E-state index is 0.248.